The van der Waals surface area contributed by atoms with Crippen LogP contribution in [0.1, 0.15) is 61.7 Å². The van der Waals surface area contributed by atoms with E-state index in [1.165, 1.54) is 5.56 Å². The first-order valence-electron chi connectivity index (χ1n) is 10.6. The van der Waals surface area contributed by atoms with Crippen molar-refractivity contribution >= 4 is 29.4 Å². The molecule has 1 aliphatic heterocycles. The van der Waals surface area contributed by atoms with Gasteiger partial charge in [-0.1, -0.05) is 38.3 Å². The summed E-state index contributed by atoms with van der Waals surface area (Å²) >= 11 is 1.60. The van der Waals surface area contributed by atoms with Crippen molar-refractivity contribution in [1.82, 2.24) is 9.55 Å². The van der Waals surface area contributed by atoms with Gasteiger partial charge in [-0.15, -0.1) is 0 Å². The van der Waals surface area contributed by atoms with Gasteiger partial charge in [0.25, 0.3) is 0 Å². The second-order valence-corrected chi connectivity index (χ2v) is 8.89. The number of halogens is 1. The first kappa shape index (κ1) is 20.4. The van der Waals surface area contributed by atoms with Gasteiger partial charge in [0.1, 0.15) is 11.9 Å². The molecule has 29 heavy (non-hydrogen) atoms. The van der Waals surface area contributed by atoms with Crippen LogP contribution in [-0.4, -0.2) is 22.3 Å². The number of benzene rings is 1. The Kier molecular flexibility index (Phi) is 5.93. The van der Waals surface area contributed by atoms with Crippen molar-refractivity contribution in [1.29, 1.82) is 0 Å². The third-order valence-corrected chi connectivity index (χ3v) is 7.04. The molecular weight excluding hydrogens is 383 g/mol. The van der Waals surface area contributed by atoms with E-state index in [9.17, 15) is 4.39 Å². The summed E-state index contributed by atoms with van der Waals surface area (Å²) in [6, 6.07) is 4.22. The predicted octanol–water partition coefficient (Wildman–Crippen LogP) is 5.66. The fourth-order valence-corrected chi connectivity index (χ4v) is 5.34. The van der Waals surface area contributed by atoms with E-state index < -0.39 is 6.17 Å². The van der Waals surface area contributed by atoms with E-state index in [0.717, 1.165) is 63.9 Å². The molecule has 1 aliphatic carbocycles. The van der Waals surface area contributed by atoms with Crippen molar-refractivity contribution in [2.24, 2.45) is 16.6 Å². The molecule has 0 saturated carbocycles. The molecule has 1 aromatic heterocycles. The number of nitrogens with zero attached hydrogens (tertiary/aromatic N) is 3. The highest BCUT2D eigenvalue weighted by Crippen LogP contribution is 2.42. The third-order valence-electron chi connectivity index (χ3n) is 5.94. The van der Waals surface area contributed by atoms with Crippen LogP contribution >= 0.6 is 11.8 Å². The zero-order valence-electron chi connectivity index (χ0n) is 17.2. The van der Waals surface area contributed by atoms with Crippen molar-refractivity contribution in [3.63, 3.8) is 0 Å². The van der Waals surface area contributed by atoms with Crippen LogP contribution in [0.5, 0.6) is 0 Å². The van der Waals surface area contributed by atoms with Crippen LogP contribution in [0.3, 0.4) is 0 Å². The van der Waals surface area contributed by atoms with Gasteiger partial charge in [-0.2, -0.15) is 0 Å². The Morgan fingerprint density at radius 2 is 2.17 bits per heavy atom. The number of aromatic nitrogens is 2. The number of hydrogen-bond donors (Lipinski definition) is 1. The lowest BCUT2D eigenvalue weighted by molar-refractivity contribution is 0.343. The van der Waals surface area contributed by atoms with E-state index in [4.69, 9.17) is 15.7 Å². The quantitative estimate of drug-likeness (QED) is 0.666. The molecule has 4 rings (SSSR count). The number of nitrogens with two attached hydrogens (primary N) is 1. The van der Waals surface area contributed by atoms with E-state index >= 15 is 0 Å². The number of aryl methyl sites for hydroxylation is 2. The van der Waals surface area contributed by atoms with Crippen LogP contribution in [0.4, 0.5) is 10.2 Å². The Morgan fingerprint density at radius 3 is 2.90 bits per heavy atom. The number of imidazole rings is 1. The van der Waals surface area contributed by atoms with Gasteiger partial charge >= 0.3 is 0 Å². The van der Waals surface area contributed by atoms with Crippen LogP contribution in [-0.2, 0) is 19.4 Å². The fourth-order valence-electron chi connectivity index (χ4n) is 4.20. The minimum Gasteiger partial charge on any atom is -0.329 e. The Hall–Kier alpha value is -1.92. The molecule has 154 valence electrons. The zero-order valence-corrected chi connectivity index (χ0v) is 18.1. The number of hydrogen-bond acceptors (Lipinski definition) is 4. The molecule has 2 N–H and O–H groups in total. The van der Waals surface area contributed by atoms with Crippen LogP contribution < -0.4 is 5.73 Å². The Bertz CT molecular complexity index is 962. The molecule has 0 radical (unpaired) electrons. The van der Waals surface area contributed by atoms with E-state index in [1.807, 2.05) is 12.3 Å². The molecule has 2 atom stereocenters. The van der Waals surface area contributed by atoms with Crippen LogP contribution in [0.2, 0.25) is 0 Å². The maximum absolute atomic E-state index is 14.3. The SMILES string of the molecule is C=C1CC(CC)C=Nc2c1nc(Sc1cc3c(cc1CC)CCC3F)n2CCN. The first-order valence-corrected chi connectivity index (χ1v) is 11.4. The van der Waals surface area contributed by atoms with Gasteiger partial charge in [0, 0.05) is 24.2 Å². The highest BCUT2D eigenvalue weighted by Gasteiger charge is 2.26. The lowest BCUT2D eigenvalue weighted by Gasteiger charge is -2.13. The third kappa shape index (κ3) is 3.80. The van der Waals surface area contributed by atoms with Gasteiger partial charge in [-0.25, -0.2) is 14.4 Å². The molecule has 2 aromatic rings. The van der Waals surface area contributed by atoms with E-state index in [2.05, 4.69) is 31.1 Å². The molecule has 2 aliphatic rings. The van der Waals surface area contributed by atoms with Gasteiger partial charge in [-0.05, 0) is 66.4 Å². The molecule has 2 heterocycles. The maximum Gasteiger partial charge on any atom is 0.175 e. The lowest BCUT2D eigenvalue weighted by atomic mass is 9.98. The molecule has 0 saturated heterocycles. The van der Waals surface area contributed by atoms with Gasteiger partial charge in [0.05, 0.1) is 0 Å². The first-order chi connectivity index (χ1) is 14.0. The number of fused-ring (bicyclic) bond motifs is 2. The normalized spacial score (nSPS) is 20.6. The summed E-state index contributed by atoms with van der Waals surface area (Å²) in [5.74, 6) is 1.24. The molecule has 0 spiro atoms. The summed E-state index contributed by atoms with van der Waals surface area (Å²) in [7, 11) is 0. The van der Waals surface area contributed by atoms with E-state index in [-0.39, 0.29) is 0 Å². The predicted molar refractivity (Wildman–Crippen MR) is 119 cm³/mol. The standard InChI is InChI=1S/C23H29FN4S/c1-4-15-10-14(3)21-22(26-13-15)28(9-8-25)23(27-21)29-20-12-18-17(6-7-19(18)24)11-16(20)5-2/h11-13,15,19H,3-10,25H2,1-2H3. The molecule has 4 nitrogen and oxygen atoms in total. The Balaban J connectivity index is 1.76. The van der Waals surface area contributed by atoms with Crippen LogP contribution in [0.15, 0.2) is 33.8 Å². The lowest BCUT2D eigenvalue weighted by Crippen LogP contribution is -2.10. The fraction of sp³-hybridized carbons (Fsp3) is 0.478. The molecular formula is C23H29FN4S. The molecule has 0 bridgehead atoms. The topological polar surface area (TPSA) is 56.2 Å². The second kappa shape index (κ2) is 8.44. The van der Waals surface area contributed by atoms with Crippen molar-refractivity contribution in [3.8, 4) is 0 Å². The molecule has 0 amide bonds. The van der Waals surface area contributed by atoms with Gasteiger partial charge in [0.2, 0.25) is 0 Å². The van der Waals surface area contributed by atoms with Gasteiger partial charge < -0.3 is 10.3 Å². The summed E-state index contributed by atoms with van der Waals surface area (Å²) in [4.78, 5) is 10.8. The average Bonchev–Trinajstić information content (AvgIpc) is 3.20. The van der Waals surface area contributed by atoms with Crippen LogP contribution in [0.25, 0.3) is 5.57 Å². The summed E-state index contributed by atoms with van der Waals surface area (Å²) in [6.45, 7) is 9.74. The van der Waals surface area contributed by atoms with Crippen molar-refractivity contribution in [3.05, 3.63) is 41.1 Å². The number of allylic oxidation sites excluding steroid dienone is 1. The summed E-state index contributed by atoms with van der Waals surface area (Å²) in [5, 5.41) is 0.858. The number of rotatable bonds is 6. The maximum atomic E-state index is 14.3. The van der Waals surface area contributed by atoms with Gasteiger partial charge in [0.15, 0.2) is 11.0 Å². The summed E-state index contributed by atoms with van der Waals surface area (Å²) in [5.41, 5.74) is 11.0. The van der Waals surface area contributed by atoms with Crippen molar-refractivity contribution in [2.45, 2.75) is 68.7 Å². The minimum absolute atomic E-state index is 0.393. The number of aliphatic imine (C=N–C) groups is 1. The minimum atomic E-state index is -0.855. The summed E-state index contributed by atoms with van der Waals surface area (Å²) in [6.07, 6.45) is 5.41. The van der Waals surface area contributed by atoms with Gasteiger partial charge in [-0.3, -0.25) is 0 Å². The molecule has 6 heteroatoms. The molecule has 1 aromatic carbocycles. The monoisotopic (exact) mass is 412 g/mol. The smallest absolute Gasteiger partial charge is 0.175 e. The largest absolute Gasteiger partial charge is 0.329 e. The summed E-state index contributed by atoms with van der Waals surface area (Å²) < 4.78 is 16.4. The van der Waals surface area contributed by atoms with E-state index in [1.54, 1.807) is 11.8 Å². The highest BCUT2D eigenvalue weighted by molar-refractivity contribution is 7.99. The molecule has 2 unspecified atom stereocenters. The van der Waals surface area contributed by atoms with Crippen molar-refractivity contribution < 1.29 is 4.39 Å². The Morgan fingerprint density at radius 1 is 1.34 bits per heavy atom. The van der Waals surface area contributed by atoms with E-state index in [0.29, 0.717) is 25.4 Å². The highest BCUT2D eigenvalue weighted by atomic mass is 32.2. The second-order valence-electron chi connectivity index (χ2n) is 7.88. The number of alkyl halides is 1. The average molecular weight is 413 g/mol. The van der Waals surface area contributed by atoms with Crippen molar-refractivity contribution in [2.75, 3.05) is 6.54 Å². The zero-order chi connectivity index (χ0) is 20.5. The Labute approximate surface area is 176 Å². The van der Waals surface area contributed by atoms with Crippen LogP contribution in [0, 0.1) is 5.92 Å². The molecule has 0 fully saturated rings.